The van der Waals surface area contributed by atoms with Crippen molar-refractivity contribution in [1.29, 1.82) is 0 Å². The van der Waals surface area contributed by atoms with Crippen molar-refractivity contribution in [2.75, 3.05) is 6.54 Å². The Morgan fingerprint density at radius 1 is 1.46 bits per heavy atom. The number of H-pyrrole nitrogens is 1. The molecule has 0 saturated carbocycles. The number of nitrogens with two attached hydrogens (primary N) is 1. The summed E-state index contributed by atoms with van der Waals surface area (Å²) < 4.78 is 36.1. The Kier molecular flexibility index (Phi) is 2.92. The topological polar surface area (TPSA) is 54.7 Å². The summed E-state index contributed by atoms with van der Waals surface area (Å²) in [7, 11) is 0. The van der Waals surface area contributed by atoms with Crippen LogP contribution in [0.25, 0.3) is 0 Å². The second-order valence-corrected chi connectivity index (χ2v) is 2.63. The van der Waals surface area contributed by atoms with Crippen molar-refractivity contribution < 1.29 is 13.2 Å². The van der Waals surface area contributed by atoms with Gasteiger partial charge in [0, 0.05) is 6.42 Å². The molecule has 1 rings (SSSR count). The van der Waals surface area contributed by atoms with Crippen LogP contribution in [0.3, 0.4) is 0 Å². The van der Waals surface area contributed by atoms with Crippen molar-refractivity contribution in [3.63, 3.8) is 0 Å². The number of hydrogen-bond acceptors (Lipinski definition) is 2. The fourth-order valence-electron chi connectivity index (χ4n) is 0.903. The molecule has 0 aliphatic heterocycles. The summed E-state index contributed by atoms with van der Waals surface area (Å²) in [5.74, 6) is 0.331. The lowest BCUT2D eigenvalue weighted by molar-refractivity contribution is -0.140. The average molecular weight is 193 g/mol. The van der Waals surface area contributed by atoms with E-state index in [1.165, 1.54) is 0 Å². The molecule has 0 saturated heterocycles. The number of aryl methyl sites for hydroxylation is 1. The number of hydrogen-bond donors (Lipinski definition) is 2. The third-order valence-corrected chi connectivity index (χ3v) is 1.55. The Balaban J connectivity index is 2.64. The normalized spacial score (nSPS) is 12.0. The molecule has 0 fully saturated rings. The molecule has 0 radical (unpaired) electrons. The molecular weight excluding hydrogens is 183 g/mol. The largest absolute Gasteiger partial charge is 0.432 e. The van der Waals surface area contributed by atoms with Gasteiger partial charge in [0.05, 0.1) is 6.20 Å². The first-order valence-corrected chi connectivity index (χ1v) is 3.85. The van der Waals surface area contributed by atoms with Crippen molar-refractivity contribution in [3.8, 4) is 0 Å². The number of aromatic nitrogens is 2. The summed E-state index contributed by atoms with van der Waals surface area (Å²) >= 11 is 0. The lowest BCUT2D eigenvalue weighted by atomic mass is 10.3. The fraction of sp³-hybridized carbons (Fsp3) is 0.571. The number of nitrogens with one attached hydrogen (secondary N) is 1. The third kappa shape index (κ3) is 2.73. The second-order valence-electron chi connectivity index (χ2n) is 2.63. The average Bonchev–Trinajstić information content (AvgIpc) is 2.47. The Labute approximate surface area is 73.2 Å². The highest BCUT2D eigenvalue weighted by Gasteiger charge is 2.32. The van der Waals surface area contributed by atoms with Crippen molar-refractivity contribution in [2.24, 2.45) is 5.73 Å². The molecule has 3 N–H and O–H groups in total. The van der Waals surface area contributed by atoms with Gasteiger partial charge in [0.15, 0.2) is 0 Å². The highest BCUT2D eigenvalue weighted by molar-refractivity contribution is 5.05. The van der Waals surface area contributed by atoms with E-state index < -0.39 is 11.9 Å². The van der Waals surface area contributed by atoms with E-state index in [-0.39, 0.29) is 0 Å². The van der Waals surface area contributed by atoms with Crippen LogP contribution >= 0.6 is 0 Å². The maximum Gasteiger partial charge on any atom is 0.432 e. The van der Waals surface area contributed by atoms with Gasteiger partial charge in [-0.25, -0.2) is 4.98 Å². The molecule has 6 heteroatoms. The van der Waals surface area contributed by atoms with Crippen LogP contribution in [0.5, 0.6) is 0 Å². The van der Waals surface area contributed by atoms with Crippen LogP contribution < -0.4 is 5.73 Å². The van der Waals surface area contributed by atoms with Crippen LogP contribution in [0.1, 0.15) is 17.9 Å². The molecule has 1 aromatic heterocycles. The monoisotopic (exact) mass is 193 g/mol. The zero-order valence-electron chi connectivity index (χ0n) is 6.86. The molecule has 13 heavy (non-hydrogen) atoms. The van der Waals surface area contributed by atoms with Gasteiger partial charge in [0.25, 0.3) is 0 Å². The lowest BCUT2D eigenvalue weighted by Gasteiger charge is -2.00. The number of halogens is 3. The summed E-state index contributed by atoms with van der Waals surface area (Å²) in [5, 5.41) is 0. The molecule has 3 nitrogen and oxygen atoms in total. The maximum atomic E-state index is 12.0. The van der Waals surface area contributed by atoms with Gasteiger partial charge in [-0.3, -0.25) is 0 Å². The third-order valence-electron chi connectivity index (χ3n) is 1.55. The van der Waals surface area contributed by atoms with Gasteiger partial charge < -0.3 is 10.7 Å². The van der Waals surface area contributed by atoms with Gasteiger partial charge >= 0.3 is 6.18 Å². The first kappa shape index (κ1) is 10.0. The van der Waals surface area contributed by atoms with Crippen LogP contribution in [0.4, 0.5) is 13.2 Å². The molecule has 1 aromatic rings. The van der Waals surface area contributed by atoms with Crippen LogP contribution in [0, 0.1) is 0 Å². The highest BCUT2D eigenvalue weighted by atomic mass is 19.4. The fourth-order valence-corrected chi connectivity index (χ4v) is 0.903. The molecule has 0 unspecified atom stereocenters. The minimum Gasteiger partial charge on any atom is -0.338 e. The first-order chi connectivity index (χ1) is 6.04. The standard InChI is InChI=1S/C7H10F3N3/c8-7(9,10)5-4-12-6(13-5)2-1-3-11/h4H,1-3,11H2,(H,12,13). The molecule has 0 atom stereocenters. The summed E-state index contributed by atoms with van der Waals surface area (Å²) in [6.45, 7) is 0.446. The zero-order valence-corrected chi connectivity index (χ0v) is 6.86. The van der Waals surface area contributed by atoms with Gasteiger partial charge in [-0.1, -0.05) is 0 Å². The van der Waals surface area contributed by atoms with E-state index in [0.29, 0.717) is 25.2 Å². The lowest BCUT2D eigenvalue weighted by Crippen LogP contribution is -2.06. The Bertz CT molecular complexity index is 266. The highest BCUT2D eigenvalue weighted by Crippen LogP contribution is 2.27. The summed E-state index contributed by atoms with van der Waals surface area (Å²) in [6, 6.07) is 0. The molecule has 1 heterocycles. The van der Waals surface area contributed by atoms with Crippen LogP contribution in [0.15, 0.2) is 6.20 Å². The number of imidazole rings is 1. The SMILES string of the molecule is NCCCc1ncc(C(F)(F)F)[nH]1. The Morgan fingerprint density at radius 3 is 2.62 bits per heavy atom. The van der Waals surface area contributed by atoms with E-state index in [2.05, 4.69) is 9.97 Å². The number of aromatic amines is 1. The van der Waals surface area contributed by atoms with Gasteiger partial charge in [0.2, 0.25) is 0 Å². The van der Waals surface area contributed by atoms with Gasteiger partial charge in [0.1, 0.15) is 11.5 Å². The number of nitrogens with zero attached hydrogens (tertiary/aromatic N) is 1. The van der Waals surface area contributed by atoms with E-state index in [1.54, 1.807) is 0 Å². The van der Waals surface area contributed by atoms with Crippen molar-refractivity contribution in [3.05, 3.63) is 17.7 Å². The quantitative estimate of drug-likeness (QED) is 0.760. The number of alkyl halides is 3. The summed E-state index contributed by atoms with van der Waals surface area (Å²) in [5.41, 5.74) is 4.40. The van der Waals surface area contributed by atoms with E-state index in [9.17, 15) is 13.2 Å². The minimum absolute atomic E-state index is 0.331. The van der Waals surface area contributed by atoms with Crippen LogP contribution in [-0.4, -0.2) is 16.5 Å². The van der Waals surface area contributed by atoms with Crippen molar-refractivity contribution in [1.82, 2.24) is 9.97 Å². The number of rotatable bonds is 3. The van der Waals surface area contributed by atoms with Crippen LogP contribution in [0.2, 0.25) is 0 Å². The molecule has 0 aliphatic rings. The predicted molar refractivity (Wildman–Crippen MR) is 41.0 cm³/mol. The predicted octanol–water partition coefficient (Wildman–Crippen LogP) is 1.32. The molecule has 0 amide bonds. The summed E-state index contributed by atoms with van der Waals surface area (Å²) in [4.78, 5) is 5.79. The van der Waals surface area contributed by atoms with E-state index in [4.69, 9.17) is 5.73 Å². The van der Waals surface area contributed by atoms with Gasteiger partial charge in [-0.15, -0.1) is 0 Å². The van der Waals surface area contributed by atoms with Crippen molar-refractivity contribution in [2.45, 2.75) is 19.0 Å². The summed E-state index contributed by atoms with van der Waals surface area (Å²) in [6.07, 6.45) is -2.46. The zero-order chi connectivity index (χ0) is 9.90. The molecular formula is C7H10F3N3. The molecule has 0 aromatic carbocycles. The maximum absolute atomic E-state index is 12.0. The molecule has 0 spiro atoms. The second kappa shape index (κ2) is 3.78. The van der Waals surface area contributed by atoms with Gasteiger partial charge in [-0.2, -0.15) is 13.2 Å². The molecule has 0 aliphatic carbocycles. The smallest absolute Gasteiger partial charge is 0.338 e. The first-order valence-electron chi connectivity index (χ1n) is 3.85. The van der Waals surface area contributed by atoms with Gasteiger partial charge in [-0.05, 0) is 13.0 Å². The van der Waals surface area contributed by atoms with Crippen LogP contribution in [-0.2, 0) is 12.6 Å². The Morgan fingerprint density at radius 2 is 2.15 bits per heavy atom. The molecule has 0 bridgehead atoms. The van der Waals surface area contributed by atoms with Crippen molar-refractivity contribution >= 4 is 0 Å². The Hall–Kier alpha value is -1.04. The van der Waals surface area contributed by atoms with E-state index in [0.717, 1.165) is 6.20 Å². The minimum atomic E-state index is -4.34. The molecule has 74 valence electrons. The van der Waals surface area contributed by atoms with E-state index >= 15 is 0 Å². The van der Waals surface area contributed by atoms with E-state index in [1.807, 2.05) is 0 Å².